The average molecular weight is 296 g/mol. The van der Waals surface area contributed by atoms with Crippen LogP contribution in [-0.2, 0) is 4.79 Å². The molecule has 0 unspecified atom stereocenters. The van der Waals surface area contributed by atoms with Crippen LogP contribution in [-0.4, -0.2) is 10.9 Å². The first-order chi connectivity index (χ1) is 10.8. The van der Waals surface area contributed by atoms with Gasteiger partial charge in [-0.3, -0.25) is 9.78 Å². The Balaban J connectivity index is 2.07. The zero-order chi connectivity index (χ0) is 15.4. The predicted octanol–water partition coefficient (Wildman–Crippen LogP) is 5.02. The number of rotatable bonds is 2. The van der Waals surface area contributed by atoms with E-state index in [9.17, 15) is 4.79 Å². The average Bonchev–Trinajstić information content (AvgIpc) is 2.47. The predicted molar refractivity (Wildman–Crippen MR) is 91.1 cm³/mol. The maximum Gasteiger partial charge on any atom is 0.221 e. The fraction of sp³-hybridized carbons (Fsp3) is 0.474. The van der Waals surface area contributed by atoms with Crippen molar-refractivity contribution >= 4 is 22.5 Å². The number of nitrogens with one attached hydrogen (secondary N) is 1. The van der Waals surface area contributed by atoms with Crippen LogP contribution in [0.2, 0.25) is 0 Å². The lowest BCUT2D eigenvalue weighted by Gasteiger charge is -2.24. The molecule has 0 aliphatic heterocycles. The maximum absolute atomic E-state index is 11.6. The van der Waals surface area contributed by atoms with Crippen molar-refractivity contribution in [3.8, 4) is 0 Å². The molecule has 1 amide bonds. The summed E-state index contributed by atoms with van der Waals surface area (Å²) in [4.78, 5) is 16.1. The Hall–Kier alpha value is -1.90. The Morgan fingerprint density at radius 3 is 2.50 bits per heavy atom. The van der Waals surface area contributed by atoms with Crippen molar-refractivity contribution in [2.45, 2.75) is 57.8 Å². The molecule has 1 fully saturated rings. The Morgan fingerprint density at radius 1 is 1.09 bits per heavy atom. The zero-order valence-corrected chi connectivity index (χ0v) is 13.3. The third-order valence-electron chi connectivity index (χ3n) is 4.64. The number of hydrogen-bond donors (Lipinski definition) is 1. The van der Waals surface area contributed by atoms with Gasteiger partial charge in [0.15, 0.2) is 0 Å². The SMILES string of the molecule is CC(=O)Nc1cnc2ccccc2c1C1CCCCCCC1. The monoisotopic (exact) mass is 296 g/mol. The van der Waals surface area contributed by atoms with E-state index < -0.39 is 0 Å². The number of carbonyl (C=O) groups is 1. The molecular weight excluding hydrogens is 272 g/mol. The molecule has 1 heterocycles. The Morgan fingerprint density at radius 2 is 1.77 bits per heavy atom. The lowest BCUT2D eigenvalue weighted by atomic mass is 9.83. The van der Waals surface area contributed by atoms with E-state index in [4.69, 9.17) is 0 Å². The molecule has 0 radical (unpaired) electrons. The van der Waals surface area contributed by atoms with Crippen molar-refractivity contribution in [1.29, 1.82) is 0 Å². The van der Waals surface area contributed by atoms with Crippen LogP contribution in [0.3, 0.4) is 0 Å². The molecule has 1 saturated carbocycles. The molecule has 0 atom stereocenters. The summed E-state index contributed by atoms with van der Waals surface area (Å²) >= 11 is 0. The number of anilines is 1. The minimum atomic E-state index is -0.0239. The summed E-state index contributed by atoms with van der Waals surface area (Å²) in [6.45, 7) is 1.57. The van der Waals surface area contributed by atoms with Crippen LogP contribution in [0.5, 0.6) is 0 Å². The minimum absolute atomic E-state index is 0.0239. The lowest BCUT2D eigenvalue weighted by Crippen LogP contribution is -2.12. The summed E-state index contributed by atoms with van der Waals surface area (Å²) in [7, 11) is 0. The van der Waals surface area contributed by atoms with Gasteiger partial charge in [-0.25, -0.2) is 0 Å². The second kappa shape index (κ2) is 6.91. The first-order valence-electron chi connectivity index (χ1n) is 8.41. The second-order valence-electron chi connectivity index (χ2n) is 6.33. The molecule has 3 heteroatoms. The largest absolute Gasteiger partial charge is 0.325 e. The molecule has 3 nitrogen and oxygen atoms in total. The Bertz CT molecular complexity index is 658. The highest BCUT2D eigenvalue weighted by Crippen LogP contribution is 2.38. The first-order valence-corrected chi connectivity index (χ1v) is 8.41. The summed E-state index contributed by atoms with van der Waals surface area (Å²) < 4.78 is 0. The van der Waals surface area contributed by atoms with E-state index >= 15 is 0 Å². The summed E-state index contributed by atoms with van der Waals surface area (Å²) in [5, 5.41) is 4.19. The number of carbonyl (C=O) groups excluding carboxylic acids is 1. The normalized spacial score (nSPS) is 17.0. The van der Waals surface area contributed by atoms with Gasteiger partial charge in [-0.1, -0.05) is 50.3 Å². The molecule has 0 spiro atoms. The summed E-state index contributed by atoms with van der Waals surface area (Å²) in [6, 6.07) is 8.28. The molecule has 1 aromatic heterocycles. The zero-order valence-electron chi connectivity index (χ0n) is 13.3. The molecule has 116 valence electrons. The van der Waals surface area contributed by atoms with Crippen molar-refractivity contribution in [2.24, 2.45) is 0 Å². The number of nitrogens with zero attached hydrogens (tertiary/aromatic N) is 1. The quantitative estimate of drug-likeness (QED) is 0.845. The number of para-hydroxylation sites is 1. The first kappa shape index (κ1) is 15.0. The second-order valence-corrected chi connectivity index (χ2v) is 6.33. The van der Waals surface area contributed by atoms with Crippen molar-refractivity contribution in [2.75, 3.05) is 5.32 Å². The highest BCUT2D eigenvalue weighted by Gasteiger charge is 2.20. The van der Waals surface area contributed by atoms with Gasteiger partial charge in [0.05, 0.1) is 17.4 Å². The maximum atomic E-state index is 11.6. The summed E-state index contributed by atoms with van der Waals surface area (Å²) in [5.41, 5.74) is 3.22. The molecule has 0 saturated heterocycles. The van der Waals surface area contributed by atoms with Crippen LogP contribution >= 0.6 is 0 Å². The minimum Gasteiger partial charge on any atom is -0.325 e. The molecule has 1 aromatic carbocycles. The number of benzene rings is 1. The van der Waals surface area contributed by atoms with Gasteiger partial charge in [0.25, 0.3) is 0 Å². The number of aromatic nitrogens is 1. The van der Waals surface area contributed by atoms with E-state index in [0.717, 1.165) is 11.2 Å². The highest BCUT2D eigenvalue weighted by molar-refractivity contribution is 5.94. The van der Waals surface area contributed by atoms with Crippen molar-refractivity contribution in [3.63, 3.8) is 0 Å². The number of fused-ring (bicyclic) bond motifs is 1. The Labute approximate surface area is 132 Å². The summed E-state index contributed by atoms with van der Waals surface area (Å²) in [6.07, 6.45) is 10.8. The van der Waals surface area contributed by atoms with Gasteiger partial charge in [-0.05, 0) is 30.4 Å². The third kappa shape index (κ3) is 3.29. The highest BCUT2D eigenvalue weighted by atomic mass is 16.1. The number of amides is 1. The van der Waals surface area contributed by atoms with Crippen molar-refractivity contribution < 1.29 is 4.79 Å². The number of pyridine rings is 1. The van der Waals surface area contributed by atoms with Crippen molar-refractivity contribution in [3.05, 3.63) is 36.0 Å². The fourth-order valence-corrected chi connectivity index (χ4v) is 3.64. The molecule has 3 rings (SSSR count). The molecule has 0 bridgehead atoms. The molecule has 1 aliphatic rings. The molecule has 1 N–H and O–H groups in total. The van der Waals surface area contributed by atoms with Crippen LogP contribution in [0, 0.1) is 0 Å². The van der Waals surface area contributed by atoms with E-state index in [0.29, 0.717) is 5.92 Å². The van der Waals surface area contributed by atoms with E-state index in [1.807, 2.05) is 12.3 Å². The molecule has 22 heavy (non-hydrogen) atoms. The van der Waals surface area contributed by atoms with E-state index in [2.05, 4.69) is 28.5 Å². The standard InChI is InChI=1S/C19H24N2O/c1-14(22)21-18-13-20-17-12-8-7-11-16(17)19(18)15-9-5-3-2-4-6-10-15/h7-8,11-13,15H,2-6,9-10H2,1H3,(H,21,22). The number of hydrogen-bond acceptors (Lipinski definition) is 2. The van der Waals surface area contributed by atoms with Gasteiger partial charge >= 0.3 is 0 Å². The van der Waals surface area contributed by atoms with Crippen LogP contribution in [0.4, 0.5) is 5.69 Å². The van der Waals surface area contributed by atoms with E-state index in [1.165, 1.54) is 55.9 Å². The molecule has 1 aliphatic carbocycles. The van der Waals surface area contributed by atoms with Gasteiger partial charge in [-0.15, -0.1) is 0 Å². The molecular formula is C19H24N2O. The van der Waals surface area contributed by atoms with E-state index in [-0.39, 0.29) is 5.91 Å². The van der Waals surface area contributed by atoms with Gasteiger partial charge in [-0.2, -0.15) is 0 Å². The fourth-order valence-electron chi connectivity index (χ4n) is 3.64. The van der Waals surface area contributed by atoms with Crippen LogP contribution < -0.4 is 5.32 Å². The third-order valence-corrected chi connectivity index (χ3v) is 4.64. The Kier molecular flexibility index (Phi) is 4.71. The molecule has 2 aromatic rings. The van der Waals surface area contributed by atoms with Gasteiger partial charge in [0, 0.05) is 12.3 Å². The van der Waals surface area contributed by atoms with Gasteiger partial charge in [0.2, 0.25) is 5.91 Å². The lowest BCUT2D eigenvalue weighted by molar-refractivity contribution is -0.114. The van der Waals surface area contributed by atoms with Crippen molar-refractivity contribution in [1.82, 2.24) is 4.98 Å². The van der Waals surface area contributed by atoms with Crippen LogP contribution in [0.1, 0.15) is 63.4 Å². The summed E-state index contributed by atoms with van der Waals surface area (Å²) in [5.74, 6) is 0.499. The van der Waals surface area contributed by atoms with E-state index in [1.54, 1.807) is 6.92 Å². The van der Waals surface area contributed by atoms with Crippen LogP contribution in [0.25, 0.3) is 10.9 Å². The van der Waals surface area contributed by atoms with Gasteiger partial charge < -0.3 is 5.32 Å². The van der Waals surface area contributed by atoms with Gasteiger partial charge in [0.1, 0.15) is 0 Å². The van der Waals surface area contributed by atoms with Crippen LogP contribution in [0.15, 0.2) is 30.5 Å². The topological polar surface area (TPSA) is 42.0 Å². The smallest absolute Gasteiger partial charge is 0.221 e.